The predicted octanol–water partition coefficient (Wildman–Crippen LogP) is 2.04. The van der Waals surface area contributed by atoms with Crippen LogP contribution in [0.4, 0.5) is 15.0 Å². The number of nitrogens with zero attached hydrogens (tertiary/aromatic N) is 3. The van der Waals surface area contributed by atoms with Gasteiger partial charge < -0.3 is 19.4 Å². The molecule has 0 aliphatic carbocycles. The molecule has 0 radical (unpaired) electrons. The summed E-state index contributed by atoms with van der Waals surface area (Å²) < 4.78 is 25.8. The molecule has 4 heterocycles. The van der Waals surface area contributed by atoms with E-state index in [1.54, 1.807) is 36.1 Å². The van der Waals surface area contributed by atoms with Crippen LogP contribution in [0.3, 0.4) is 0 Å². The second kappa shape index (κ2) is 8.63. The number of amides is 5. The average molecular weight is 495 g/mol. The lowest BCUT2D eigenvalue weighted by Crippen LogP contribution is -2.53. The number of anilines is 1. The Bertz CT molecular complexity index is 1420. The highest BCUT2D eigenvalue weighted by Crippen LogP contribution is 2.35. The number of halogens is 1. The van der Waals surface area contributed by atoms with Crippen molar-refractivity contribution in [2.75, 3.05) is 25.1 Å². The summed E-state index contributed by atoms with van der Waals surface area (Å²) in [7, 11) is 1.31. The molecule has 1 aromatic carbocycles. The van der Waals surface area contributed by atoms with Crippen LogP contribution in [0.5, 0.6) is 5.75 Å². The summed E-state index contributed by atoms with van der Waals surface area (Å²) in [6.07, 6.45) is 0.688. The number of ether oxygens (including phenoxy) is 1. The minimum Gasteiger partial charge on any atom is -0.494 e. The monoisotopic (exact) mass is 495 g/mol. The van der Waals surface area contributed by atoms with Gasteiger partial charge in [-0.05, 0) is 30.7 Å². The Labute approximate surface area is 204 Å². The Balaban J connectivity index is 1.49. The minimum absolute atomic E-state index is 0.0291. The lowest BCUT2D eigenvalue weighted by molar-refractivity contribution is -0.122. The third-order valence-corrected chi connectivity index (χ3v) is 6.39. The van der Waals surface area contributed by atoms with E-state index in [0.717, 1.165) is 0 Å². The molecule has 0 spiro atoms. The predicted molar refractivity (Wildman–Crippen MR) is 124 cm³/mol. The van der Waals surface area contributed by atoms with Gasteiger partial charge in [0.05, 0.1) is 19.2 Å². The van der Waals surface area contributed by atoms with E-state index in [1.165, 1.54) is 18.1 Å². The Kier molecular flexibility index (Phi) is 5.58. The van der Waals surface area contributed by atoms with Crippen LogP contribution in [0.2, 0.25) is 0 Å². The van der Waals surface area contributed by atoms with E-state index >= 15 is 0 Å². The van der Waals surface area contributed by atoms with E-state index in [1.807, 2.05) is 5.32 Å². The van der Waals surface area contributed by atoms with Gasteiger partial charge in [-0.2, -0.15) is 0 Å². The van der Waals surface area contributed by atoms with E-state index in [2.05, 4.69) is 10.3 Å². The number of rotatable bonds is 7. The van der Waals surface area contributed by atoms with Crippen LogP contribution < -0.4 is 20.3 Å². The van der Waals surface area contributed by atoms with Crippen molar-refractivity contribution < 1.29 is 32.7 Å². The van der Waals surface area contributed by atoms with E-state index in [4.69, 9.17) is 9.15 Å². The first kappa shape index (κ1) is 23.3. The molecule has 2 aliphatic heterocycles. The van der Waals surface area contributed by atoms with Crippen LogP contribution >= 0.6 is 0 Å². The average Bonchev–Trinajstić information content (AvgIpc) is 3.40. The number of carbonyl (C=O) groups excluding carboxylic acids is 4. The summed E-state index contributed by atoms with van der Waals surface area (Å²) in [5, 5.41) is 4.68. The maximum atomic E-state index is 14.8. The molecular formula is C24H22FN5O6. The number of methoxy groups -OCH3 is 1. The van der Waals surface area contributed by atoms with Crippen LogP contribution in [0.25, 0.3) is 11.1 Å². The third kappa shape index (κ3) is 3.80. The zero-order valence-corrected chi connectivity index (χ0v) is 19.5. The standard InChI is InChI=1S/C24H22FN5O6/c1-24(28-23(34)26-12-31,11-29-10-13-3-4-16(35-2)21(25)20(13)22(29)33)17-9-14-15(36-17)5-6-18(27-14)30-8-7-19(30)32/h3-6,9,12H,7-8,10-11H2,1-2H3,(H2,26,28,31,34)/t24-/m0/s1. The lowest BCUT2D eigenvalue weighted by Gasteiger charge is -2.32. The van der Waals surface area contributed by atoms with Crippen molar-refractivity contribution >= 4 is 41.2 Å². The first-order valence-corrected chi connectivity index (χ1v) is 11.1. The van der Waals surface area contributed by atoms with Crippen molar-refractivity contribution in [3.05, 3.63) is 53.0 Å². The van der Waals surface area contributed by atoms with Gasteiger partial charge in [-0.3, -0.25) is 24.6 Å². The van der Waals surface area contributed by atoms with Gasteiger partial charge in [0.25, 0.3) is 5.91 Å². The maximum absolute atomic E-state index is 14.8. The first-order valence-electron chi connectivity index (χ1n) is 11.1. The molecule has 2 aromatic heterocycles. The molecule has 5 rings (SSSR count). The van der Waals surface area contributed by atoms with Gasteiger partial charge in [-0.25, -0.2) is 14.2 Å². The van der Waals surface area contributed by atoms with Crippen molar-refractivity contribution in [3.63, 3.8) is 0 Å². The van der Waals surface area contributed by atoms with Gasteiger partial charge in [0.15, 0.2) is 17.1 Å². The Hall–Kier alpha value is -4.48. The van der Waals surface area contributed by atoms with Gasteiger partial charge in [0, 0.05) is 25.6 Å². The Morgan fingerprint density at radius 1 is 1.31 bits per heavy atom. The molecule has 0 unspecified atom stereocenters. The molecule has 186 valence electrons. The molecule has 3 aromatic rings. The molecule has 1 atom stereocenters. The number of carbonyl (C=O) groups is 4. The van der Waals surface area contributed by atoms with Gasteiger partial charge in [-0.15, -0.1) is 0 Å². The fraction of sp³-hybridized carbons (Fsp3) is 0.292. The quantitative estimate of drug-likeness (QED) is 0.378. The molecular weight excluding hydrogens is 473 g/mol. The number of hydrogen-bond acceptors (Lipinski definition) is 7. The number of hydrogen-bond donors (Lipinski definition) is 2. The fourth-order valence-corrected chi connectivity index (χ4v) is 4.47. The van der Waals surface area contributed by atoms with Crippen LogP contribution in [-0.4, -0.2) is 54.3 Å². The first-order chi connectivity index (χ1) is 17.2. The SMILES string of the molecule is COc1ccc2c(c1F)C(=O)N(C[C@](C)(NC(=O)NC=O)c1cc3nc(N4CCC4=O)ccc3o1)C2. The van der Waals surface area contributed by atoms with E-state index < -0.39 is 23.3 Å². The second-order valence-electron chi connectivity index (χ2n) is 8.78. The lowest BCUT2D eigenvalue weighted by atomic mass is 9.98. The number of urea groups is 1. The molecule has 5 amide bonds. The topological polar surface area (TPSA) is 134 Å². The summed E-state index contributed by atoms with van der Waals surface area (Å²) in [5.74, 6) is -0.669. The van der Waals surface area contributed by atoms with Crippen LogP contribution in [0.15, 0.2) is 34.7 Å². The molecule has 11 nitrogen and oxygen atoms in total. The summed E-state index contributed by atoms with van der Waals surface area (Å²) in [6.45, 7) is 2.18. The molecule has 2 aliphatic rings. The molecule has 36 heavy (non-hydrogen) atoms. The second-order valence-corrected chi connectivity index (χ2v) is 8.78. The van der Waals surface area contributed by atoms with Gasteiger partial charge in [0.1, 0.15) is 22.6 Å². The number of β-lactam (4-membered cyclic amide) rings is 1. The highest BCUT2D eigenvalue weighted by Gasteiger charge is 2.40. The molecule has 2 N–H and O–H groups in total. The van der Waals surface area contributed by atoms with E-state index in [9.17, 15) is 23.6 Å². The number of pyridine rings is 1. The summed E-state index contributed by atoms with van der Waals surface area (Å²) >= 11 is 0. The molecule has 12 heteroatoms. The molecule has 0 bridgehead atoms. The van der Waals surface area contributed by atoms with Crippen LogP contribution in [-0.2, 0) is 21.7 Å². The van der Waals surface area contributed by atoms with Crippen molar-refractivity contribution in [1.29, 1.82) is 0 Å². The van der Waals surface area contributed by atoms with Crippen LogP contribution in [0, 0.1) is 5.82 Å². The molecule has 1 saturated heterocycles. The minimum atomic E-state index is -1.33. The number of imide groups is 1. The van der Waals surface area contributed by atoms with E-state index in [0.29, 0.717) is 35.4 Å². The number of benzene rings is 1. The summed E-state index contributed by atoms with van der Waals surface area (Å²) in [6, 6.07) is 7.17. The zero-order valence-electron chi connectivity index (χ0n) is 19.5. The highest BCUT2D eigenvalue weighted by molar-refractivity contribution is 6.00. The fourth-order valence-electron chi connectivity index (χ4n) is 4.47. The largest absolute Gasteiger partial charge is 0.494 e. The third-order valence-electron chi connectivity index (χ3n) is 6.39. The normalized spacial score (nSPS) is 16.4. The molecule has 1 fully saturated rings. The van der Waals surface area contributed by atoms with Crippen molar-refractivity contribution in [2.45, 2.75) is 25.4 Å². The van der Waals surface area contributed by atoms with E-state index in [-0.39, 0.29) is 42.5 Å². The number of fused-ring (bicyclic) bond motifs is 2. The van der Waals surface area contributed by atoms with Gasteiger partial charge in [0.2, 0.25) is 12.3 Å². The number of nitrogens with one attached hydrogen (secondary N) is 2. The van der Waals surface area contributed by atoms with Crippen LogP contribution in [0.1, 0.15) is 35.0 Å². The van der Waals surface area contributed by atoms with Crippen molar-refractivity contribution in [1.82, 2.24) is 20.5 Å². The molecule has 0 saturated carbocycles. The van der Waals surface area contributed by atoms with Gasteiger partial charge in [-0.1, -0.05) is 6.07 Å². The van der Waals surface area contributed by atoms with Gasteiger partial charge >= 0.3 is 6.03 Å². The van der Waals surface area contributed by atoms with Crippen molar-refractivity contribution in [3.8, 4) is 5.75 Å². The summed E-state index contributed by atoms with van der Waals surface area (Å²) in [4.78, 5) is 55.5. The zero-order chi connectivity index (χ0) is 25.6. The highest BCUT2D eigenvalue weighted by atomic mass is 19.1. The smallest absolute Gasteiger partial charge is 0.322 e. The Morgan fingerprint density at radius 3 is 2.78 bits per heavy atom. The number of aromatic nitrogens is 1. The summed E-state index contributed by atoms with van der Waals surface area (Å²) in [5.41, 5.74) is -0.105. The maximum Gasteiger partial charge on any atom is 0.322 e. The number of furan rings is 1. The van der Waals surface area contributed by atoms with Crippen molar-refractivity contribution in [2.24, 2.45) is 0 Å². The Morgan fingerprint density at radius 2 is 2.11 bits per heavy atom.